The summed E-state index contributed by atoms with van der Waals surface area (Å²) in [5, 5.41) is 4.94. The van der Waals surface area contributed by atoms with Crippen LogP contribution in [0.4, 0.5) is 17.1 Å². The van der Waals surface area contributed by atoms with Gasteiger partial charge in [-0.2, -0.15) is 0 Å². The molecule has 1 aliphatic rings. The molecule has 2 heteroatoms. The minimum Gasteiger partial charge on any atom is -0.310 e. The minimum atomic E-state index is -0.577. The molecule has 0 bridgehead atoms. The van der Waals surface area contributed by atoms with Crippen LogP contribution >= 0.6 is 0 Å². The van der Waals surface area contributed by atoms with Crippen LogP contribution in [0.25, 0.3) is 60.5 Å². The Morgan fingerprint density at radius 3 is 1.62 bits per heavy atom. The summed E-state index contributed by atoms with van der Waals surface area (Å²) in [6.07, 6.45) is 0. The summed E-state index contributed by atoms with van der Waals surface area (Å²) in [5.41, 5.74) is 16.3. The van der Waals surface area contributed by atoms with E-state index < -0.39 is 5.41 Å². The van der Waals surface area contributed by atoms with E-state index in [1.807, 2.05) is 0 Å². The SMILES string of the molecule is c1ccc(-c2ccc3cc4c(cc3c2)C(c2ccccc2)(c2ccccc2)c2cc(N(c3ccccc3)c3ccc5c6ccccc6n(-c6ccccc6)c5c3)ccc2-4)cc1. The standard InChI is InChI=1S/C59H40N2/c1-6-18-41(19-7-1)42-30-31-43-37-54-51-34-32-49(39-56(51)59(45-20-8-2-9-21-45,46-22-10-3-11-23-46)55(54)38-44(43)36-42)60(47-24-12-4-13-25-47)50-33-35-53-52-28-16-17-29-57(52)61(58(53)40-50)48-26-14-5-15-27-48/h1-40H. The van der Waals surface area contributed by atoms with Gasteiger partial charge in [-0.05, 0) is 128 Å². The van der Waals surface area contributed by atoms with Crippen LogP contribution < -0.4 is 4.90 Å². The summed E-state index contributed by atoms with van der Waals surface area (Å²) in [5.74, 6) is 0. The van der Waals surface area contributed by atoms with Crippen LogP contribution in [-0.2, 0) is 5.41 Å². The van der Waals surface area contributed by atoms with Crippen molar-refractivity contribution in [2.45, 2.75) is 5.41 Å². The molecule has 10 aromatic carbocycles. The summed E-state index contributed by atoms with van der Waals surface area (Å²) in [6.45, 7) is 0. The normalized spacial score (nSPS) is 12.7. The topological polar surface area (TPSA) is 8.17 Å². The van der Waals surface area contributed by atoms with Crippen molar-refractivity contribution in [3.63, 3.8) is 0 Å². The van der Waals surface area contributed by atoms with Gasteiger partial charge in [0.25, 0.3) is 0 Å². The first kappa shape index (κ1) is 35.0. The fraction of sp³-hybridized carbons (Fsp3) is 0.0169. The second-order valence-corrected chi connectivity index (χ2v) is 16.1. The van der Waals surface area contributed by atoms with Crippen LogP contribution in [0.1, 0.15) is 22.3 Å². The zero-order chi connectivity index (χ0) is 40.3. The van der Waals surface area contributed by atoms with Crippen molar-refractivity contribution in [2.24, 2.45) is 0 Å². The van der Waals surface area contributed by atoms with Crippen LogP contribution in [0.15, 0.2) is 243 Å². The summed E-state index contributed by atoms with van der Waals surface area (Å²) in [7, 11) is 0. The molecule has 0 fully saturated rings. The van der Waals surface area contributed by atoms with Crippen LogP contribution in [0, 0.1) is 0 Å². The van der Waals surface area contributed by atoms with Crippen molar-refractivity contribution in [3.05, 3.63) is 265 Å². The van der Waals surface area contributed by atoms with E-state index in [9.17, 15) is 0 Å². The first-order valence-electron chi connectivity index (χ1n) is 21.1. The third kappa shape index (κ3) is 5.50. The third-order valence-corrected chi connectivity index (χ3v) is 12.8. The Balaban J connectivity index is 1.12. The largest absolute Gasteiger partial charge is 0.310 e. The number of anilines is 3. The lowest BCUT2D eigenvalue weighted by Crippen LogP contribution is -2.28. The maximum Gasteiger partial charge on any atom is 0.0714 e. The van der Waals surface area contributed by atoms with Gasteiger partial charge in [0.2, 0.25) is 0 Å². The van der Waals surface area contributed by atoms with Gasteiger partial charge < -0.3 is 9.47 Å². The van der Waals surface area contributed by atoms with E-state index in [0.717, 1.165) is 22.7 Å². The molecule has 2 nitrogen and oxygen atoms in total. The highest BCUT2D eigenvalue weighted by atomic mass is 15.1. The van der Waals surface area contributed by atoms with E-state index >= 15 is 0 Å². The molecule has 61 heavy (non-hydrogen) atoms. The Bertz CT molecular complexity index is 3350. The van der Waals surface area contributed by atoms with E-state index in [4.69, 9.17) is 0 Å². The highest BCUT2D eigenvalue weighted by Gasteiger charge is 2.46. The van der Waals surface area contributed by atoms with Crippen molar-refractivity contribution in [3.8, 4) is 27.9 Å². The van der Waals surface area contributed by atoms with Crippen LogP contribution in [-0.4, -0.2) is 4.57 Å². The summed E-state index contributed by atoms with van der Waals surface area (Å²) < 4.78 is 2.40. The first-order chi connectivity index (χ1) is 30.3. The molecule has 0 radical (unpaired) electrons. The molecular formula is C59H40N2. The molecule has 0 spiro atoms. The molecule has 0 saturated carbocycles. The first-order valence-corrected chi connectivity index (χ1v) is 21.1. The lowest BCUT2D eigenvalue weighted by molar-refractivity contribution is 0.769. The number of aromatic nitrogens is 1. The number of hydrogen-bond donors (Lipinski definition) is 0. The number of nitrogens with zero attached hydrogens (tertiary/aromatic N) is 2. The molecule has 1 aliphatic carbocycles. The van der Waals surface area contributed by atoms with Crippen molar-refractivity contribution in [1.82, 2.24) is 4.57 Å². The maximum atomic E-state index is 2.47. The zero-order valence-corrected chi connectivity index (χ0v) is 33.5. The lowest BCUT2D eigenvalue weighted by Gasteiger charge is -2.35. The Labute approximate surface area is 355 Å². The average molecular weight is 777 g/mol. The van der Waals surface area contributed by atoms with Crippen molar-refractivity contribution in [1.29, 1.82) is 0 Å². The predicted molar refractivity (Wildman–Crippen MR) is 256 cm³/mol. The number of benzene rings is 10. The van der Waals surface area contributed by atoms with Gasteiger partial charge >= 0.3 is 0 Å². The number of hydrogen-bond acceptors (Lipinski definition) is 1. The average Bonchev–Trinajstić information content (AvgIpc) is 3.81. The van der Waals surface area contributed by atoms with Crippen molar-refractivity contribution in [2.75, 3.05) is 4.90 Å². The number of fused-ring (bicyclic) bond motifs is 7. The fourth-order valence-electron chi connectivity index (χ4n) is 10.1. The zero-order valence-electron chi connectivity index (χ0n) is 33.5. The van der Waals surface area contributed by atoms with Crippen LogP contribution in [0.2, 0.25) is 0 Å². The highest BCUT2D eigenvalue weighted by Crippen LogP contribution is 2.58. The van der Waals surface area contributed by atoms with E-state index in [2.05, 4.69) is 252 Å². The van der Waals surface area contributed by atoms with E-state index in [1.54, 1.807) is 0 Å². The van der Waals surface area contributed by atoms with Gasteiger partial charge in [0.05, 0.1) is 16.4 Å². The predicted octanol–water partition coefficient (Wildman–Crippen LogP) is 15.4. The van der Waals surface area contributed by atoms with Crippen molar-refractivity contribution >= 4 is 49.6 Å². The number of rotatable bonds is 7. The van der Waals surface area contributed by atoms with Gasteiger partial charge in [-0.15, -0.1) is 0 Å². The monoisotopic (exact) mass is 776 g/mol. The number of para-hydroxylation sites is 3. The smallest absolute Gasteiger partial charge is 0.0714 e. The van der Waals surface area contributed by atoms with E-state index in [1.165, 1.54) is 77.1 Å². The Kier molecular flexibility index (Phi) is 8.11. The summed E-state index contributed by atoms with van der Waals surface area (Å²) >= 11 is 0. The highest BCUT2D eigenvalue weighted by molar-refractivity contribution is 6.10. The molecule has 0 N–H and O–H groups in total. The Morgan fingerprint density at radius 1 is 0.328 bits per heavy atom. The Hall–Kier alpha value is -7.94. The molecule has 1 heterocycles. The molecule has 11 aromatic rings. The molecule has 0 unspecified atom stereocenters. The lowest BCUT2D eigenvalue weighted by atomic mass is 9.67. The molecule has 0 amide bonds. The van der Waals surface area contributed by atoms with Gasteiger partial charge in [-0.3, -0.25) is 0 Å². The van der Waals surface area contributed by atoms with Crippen molar-refractivity contribution < 1.29 is 0 Å². The van der Waals surface area contributed by atoms with Gasteiger partial charge in [0, 0.05) is 33.5 Å². The van der Waals surface area contributed by atoms with E-state index in [0.29, 0.717) is 0 Å². The molecule has 286 valence electrons. The fourth-order valence-corrected chi connectivity index (χ4v) is 10.1. The minimum absolute atomic E-state index is 0.577. The molecule has 0 saturated heterocycles. The van der Waals surface area contributed by atoms with Gasteiger partial charge in [-0.25, -0.2) is 0 Å². The quantitative estimate of drug-likeness (QED) is 0.156. The molecule has 1 aromatic heterocycles. The third-order valence-electron chi connectivity index (χ3n) is 12.8. The Morgan fingerprint density at radius 2 is 0.902 bits per heavy atom. The van der Waals surface area contributed by atoms with E-state index in [-0.39, 0.29) is 0 Å². The van der Waals surface area contributed by atoms with Gasteiger partial charge in [0.15, 0.2) is 0 Å². The summed E-state index contributed by atoms with van der Waals surface area (Å²) in [6, 6.07) is 89.2. The molecule has 12 rings (SSSR count). The second-order valence-electron chi connectivity index (χ2n) is 16.1. The van der Waals surface area contributed by atoms with Gasteiger partial charge in [0.1, 0.15) is 0 Å². The second kappa shape index (κ2) is 14.1. The van der Waals surface area contributed by atoms with Crippen LogP contribution in [0.5, 0.6) is 0 Å². The maximum absolute atomic E-state index is 2.47. The molecule has 0 aliphatic heterocycles. The van der Waals surface area contributed by atoms with Crippen LogP contribution in [0.3, 0.4) is 0 Å². The summed E-state index contributed by atoms with van der Waals surface area (Å²) in [4.78, 5) is 2.43. The molecular weight excluding hydrogens is 737 g/mol. The van der Waals surface area contributed by atoms with Gasteiger partial charge in [-0.1, -0.05) is 170 Å². The molecule has 0 atom stereocenters.